The van der Waals surface area contributed by atoms with E-state index < -0.39 is 0 Å². The van der Waals surface area contributed by atoms with Gasteiger partial charge in [0.2, 0.25) is 0 Å². The smallest absolute Gasteiger partial charge is 0.251 e. The number of nitrogens with zero attached hydrogens (tertiary/aromatic N) is 2. The highest BCUT2D eigenvalue weighted by Gasteiger charge is 2.15. The molecule has 0 aliphatic heterocycles. The Labute approximate surface area is 130 Å². The van der Waals surface area contributed by atoms with Gasteiger partial charge in [0.1, 0.15) is 0 Å². The van der Waals surface area contributed by atoms with Crippen molar-refractivity contribution in [3.8, 4) is 0 Å². The first kappa shape index (κ1) is 17.2. The van der Waals surface area contributed by atoms with Crippen LogP contribution in [0.1, 0.15) is 40.1 Å². The standard InChI is InChI=1S/C15H20N4O.ClH/c1-10(14-9-19(3)18-11(14)2)17-15(20)13-6-4-12(8-16)5-7-13;/h4-7,9-10H,8,16H2,1-3H3,(H,17,20);1H. The van der Waals surface area contributed by atoms with E-state index >= 15 is 0 Å². The molecule has 1 heterocycles. The van der Waals surface area contributed by atoms with Crippen molar-refractivity contribution >= 4 is 18.3 Å². The van der Waals surface area contributed by atoms with Crippen LogP contribution in [0.15, 0.2) is 30.5 Å². The lowest BCUT2D eigenvalue weighted by molar-refractivity contribution is 0.0940. The van der Waals surface area contributed by atoms with Crippen LogP contribution in [0.2, 0.25) is 0 Å². The number of rotatable bonds is 4. The third-order valence-electron chi connectivity index (χ3n) is 3.32. The topological polar surface area (TPSA) is 72.9 Å². The molecule has 2 rings (SSSR count). The van der Waals surface area contributed by atoms with Crippen molar-refractivity contribution in [2.45, 2.75) is 26.4 Å². The number of aromatic nitrogens is 2. The van der Waals surface area contributed by atoms with E-state index in [1.54, 1.807) is 16.8 Å². The molecule has 6 heteroatoms. The first-order valence-electron chi connectivity index (χ1n) is 6.61. The van der Waals surface area contributed by atoms with Gasteiger partial charge in [0, 0.05) is 30.9 Å². The number of hydrogen-bond donors (Lipinski definition) is 2. The van der Waals surface area contributed by atoms with E-state index in [1.165, 1.54) is 0 Å². The Morgan fingerprint density at radius 1 is 1.38 bits per heavy atom. The Morgan fingerprint density at radius 3 is 2.48 bits per heavy atom. The van der Waals surface area contributed by atoms with Crippen LogP contribution < -0.4 is 11.1 Å². The summed E-state index contributed by atoms with van der Waals surface area (Å²) in [6, 6.07) is 7.25. The maximum atomic E-state index is 12.2. The molecule has 3 N–H and O–H groups in total. The molecular formula is C15H21ClN4O. The Balaban J connectivity index is 0.00000220. The van der Waals surface area contributed by atoms with E-state index in [0.29, 0.717) is 12.1 Å². The molecule has 0 fully saturated rings. The second kappa shape index (κ2) is 7.24. The van der Waals surface area contributed by atoms with Crippen molar-refractivity contribution in [1.29, 1.82) is 0 Å². The van der Waals surface area contributed by atoms with E-state index in [0.717, 1.165) is 16.8 Å². The molecule has 21 heavy (non-hydrogen) atoms. The highest BCUT2D eigenvalue weighted by atomic mass is 35.5. The van der Waals surface area contributed by atoms with Gasteiger partial charge in [-0.3, -0.25) is 9.48 Å². The third-order valence-corrected chi connectivity index (χ3v) is 3.32. The lowest BCUT2D eigenvalue weighted by atomic mass is 10.1. The number of nitrogens with one attached hydrogen (secondary N) is 1. The molecule has 0 saturated heterocycles. The van der Waals surface area contributed by atoms with Crippen LogP contribution in [0.3, 0.4) is 0 Å². The van der Waals surface area contributed by atoms with Crippen LogP contribution in [0.4, 0.5) is 0 Å². The van der Waals surface area contributed by atoms with Crippen molar-refractivity contribution in [3.63, 3.8) is 0 Å². The average Bonchev–Trinajstić information content (AvgIpc) is 2.78. The van der Waals surface area contributed by atoms with Crippen LogP contribution in [0.5, 0.6) is 0 Å². The maximum Gasteiger partial charge on any atom is 0.251 e. The third kappa shape index (κ3) is 4.06. The first-order chi connectivity index (χ1) is 9.51. The molecule has 5 nitrogen and oxygen atoms in total. The fraction of sp³-hybridized carbons (Fsp3) is 0.333. The molecule has 0 aliphatic carbocycles. The SMILES string of the molecule is Cc1nn(C)cc1C(C)NC(=O)c1ccc(CN)cc1.Cl. The number of amides is 1. The summed E-state index contributed by atoms with van der Waals surface area (Å²) in [4.78, 5) is 12.2. The quantitative estimate of drug-likeness (QED) is 0.908. The summed E-state index contributed by atoms with van der Waals surface area (Å²) in [5.74, 6) is -0.0932. The van der Waals surface area contributed by atoms with Gasteiger partial charge in [-0.05, 0) is 31.5 Å². The zero-order valence-corrected chi connectivity index (χ0v) is 13.3. The molecular weight excluding hydrogens is 288 g/mol. The second-order valence-electron chi connectivity index (χ2n) is 4.94. The van der Waals surface area contributed by atoms with Gasteiger partial charge in [-0.25, -0.2) is 0 Å². The lowest BCUT2D eigenvalue weighted by Crippen LogP contribution is -2.26. The maximum absolute atomic E-state index is 12.2. The minimum atomic E-state index is -0.0932. The van der Waals surface area contributed by atoms with Crippen LogP contribution >= 0.6 is 12.4 Å². The van der Waals surface area contributed by atoms with Crippen molar-refractivity contribution in [2.75, 3.05) is 0 Å². The molecule has 1 amide bonds. The minimum absolute atomic E-state index is 0. The van der Waals surface area contributed by atoms with Crippen molar-refractivity contribution in [1.82, 2.24) is 15.1 Å². The number of benzene rings is 1. The van der Waals surface area contributed by atoms with Gasteiger partial charge in [0.05, 0.1) is 11.7 Å². The van der Waals surface area contributed by atoms with Gasteiger partial charge in [0.15, 0.2) is 0 Å². The summed E-state index contributed by atoms with van der Waals surface area (Å²) in [6.07, 6.45) is 1.93. The Hall–Kier alpha value is -1.85. The van der Waals surface area contributed by atoms with Gasteiger partial charge in [-0.15, -0.1) is 12.4 Å². The molecule has 1 aromatic heterocycles. The van der Waals surface area contributed by atoms with Crippen LogP contribution in [-0.2, 0) is 13.6 Å². The minimum Gasteiger partial charge on any atom is -0.345 e. The largest absolute Gasteiger partial charge is 0.345 e. The van der Waals surface area contributed by atoms with Gasteiger partial charge in [-0.2, -0.15) is 5.10 Å². The predicted molar refractivity (Wildman–Crippen MR) is 85.4 cm³/mol. The van der Waals surface area contributed by atoms with Gasteiger partial charge < -0.3 is 11.1 Å². The number of hydrogen-bond acceptors (Lipinski definition) is 3. The molecule has 0 bridgehead atoms. The number of halogens is 1. The van der Waals surface area contributed by atoms with Crippen LogP contribution in [0.25, 0.3) is 0 Å². The first-order valence-corrected chi connectivity index (χ1v) is 6.61. The number of carbonyl (C=O) groups excluding carboxylic acids is 1. The molecule has 0 aliphatic rings. The highest BCUT2D eigenvalue weighted by Crippen LogP contribution is 2.16. The molecule has 0 spiro atoms. The fourth-order valence-corrected chi connectivity index (χ4v) is 2.19. The summed E-state index contributed by atoms with van der Waals surface area (Å²) in [5.41, 5.74) is 9.15. The lowest BCUT2D eigenvalue weighted by Gasteiger charge is -2.13. The Morgan fingerprint density at radius 2 is 2.00 bits per heavy atom. The van der Waals surface area contributed by atoms with Gasteiger partial charge in [-0.1, -0.05) is 12.1 Å². The van der Waals surface area contributed by atoms with Gasteiger partial charge >= 0.3 is 0 Å². The summed E-state index contributed by atoms with van der Waals surface area (Å²) in [7, 11) is 1.87. The average molecular weight is 309 g/mol. The van der Waals surface area contributed by atoms with E-state index in [9.17, 15) is 4.79 Å². The molecule has 114 valence electrons. The molecule has 1 unspecified atom stereocenters. The van der Waals surface area contributed by atoms with Crippen LogP contribution in [0, 0.1) is 6.92 Å². The normalized spacial score (nSPS) is 11.6. The summed E-state index contributed by atoms with van der Waals surface area (Å²) in [5, 5.41) is 7.27. The van der Waals surface area contributed by atoms with E-state index in [1.807, 2.05) is 39.2 Å². The van der Waals surface area contributed by atoms with E-state index in [-0.39, 0.29) is 24.4 Å². The monoisotopic (exact) mass is 308 g/mol. The van der Waals surface area contributed by atoms with Crippen molar-refractivity contribution in [2.24, 2.45) is 12.8 Å². The fourth-order valence-electron chi connectivity index (χ4n) is 2.19. The number of nitrogens with two attached hydrogens (primary N) is 1. The van der Waals surface area contributed by atoms with E-state index in [4.69, 9.17) is 5.73 Å². The molecule has 2 aromatic rings. The summed E-state index contributed by atoms with van der Waals surface area (Å²) < 4.78 is 1.75. The zero-order chi connectivity index (χ0) is 14.7. The number of carbonyl (C=O) groups is 1. The van der Waals surface area contributed by atoms with Gasteiger partial charge in [0.25, 0.3) is 5.91 Å². The van der Waals surface area contributed by atoms with Crippen LogP contribution in [-0.4, -0.2) is 15.7 Å². The summed E-state index contributed by atoms with van der Waals surface area (Å²) >= 11 is 0. The van der Waals surface area contributed by atoms with Crippen molar-refractivity contribution in [3.05, 3.63) is 52.8 Å². The van der Waals surface area contributed by atoms with E-state index in [2.05, 4.69) is 10.4 Å². The summed E-state index contributed by atoms with van der Waals surface area (Å²) in [6.45, 7) is 4.37. The Kier molecular flexibility index (Phi) is 5.93. The zero-order valence-electron chi connectivity index (χ0n) is 12.5. The predicted octanol–water partition coefficient (Wildman–Crippen LogP) is 2.10. The molecule has 1 atom stereocenters. The number of aryl methyl sites for hydroxylation is 2. The second-order valence-corrected chi connectivity index (χ2v) is 4.94. The Bertz CT molecular complexity index is 607. The molecule has 0 radical (unpaired) electrons. The van der Waals surface area contributed by atoms with Crippen molar-refractivity contribution < 1.29 is 4.79 Å². The molecule has 1 aromatic carbocycles. The molecule has 0 saturated carbocycles. The highest BCUT2D eigenvalue weighted by molar-refractivity contribution is 5.94.